The summed E-state index contributed by atoms with van der Waals surface area (Å²) in [5.74, 6) is 0.664. The summed E-state index contributed by atoms with van der Waals surface area (Å²) in [6, 6.07) is 12.0. The molecule has 5 atom stereocenters. The average Bonchev–Trinajstić information content (AvgIpc) is 3.70. The van der Waals surface area contributed by atoms with E-state index in [0.29, 0.717) is 35.8 Å². The zero-order valence-electron chi connectivity index (χ0n) is 20.7. The van der Waals surface area contributed by atoms with E-state index in [-0.39, 0.29) is 38.3 Å². The van der Waals surface area contributed by atoms with Gasteiger partial charge >= 0.3 is 0 Å². The van der Waals surface area contributed by atoms with Crippen LogP contribution in [0.2, 0.25) is 0 Å². The molecule has 2 aromatic carbocycles. The van der Waals surface area contributed by atoms with Gasteiger partial charge in [-0.2, -0.15) is 0 Å². The van der Waals surface area contributed by atoms with Crippen LogP contribution in [0.1, 0.15) is 29.9 Å². The highest BCUT2D eigenvalue weighted by atomic mass is 16.7. The monoisotopic (exact) mass is 522 g/mol. The molecular formula is C28H30N2O8. The standard InChI is InChI=1S/C28H30N2O8/c31-10-9-29-27(33)18-13-19(25(32)26-24(18)17-4-1-2-5-20(17)38-26)30(28(34)22-6-3-11-35-22)14-16-7-8-21-23(12-16)37-15-36-21/h1-2,4-5,7-8,12-13,19,22,24-26,31-32H,3,6,9-11,14-15H2,(H,29,33)/t19-,22?,24+,25+,26+/m1/s1. The van der Waals surface area contributed by atoms with Crippen molar-refractivity contribution in [2.75, 3.05) is 26.6 Å². The summed E-state index contributed by atoms with van der Waals surface area (Å²) >= 11 is 0. The van der Waals surface area contributed by atoms with Crippen LogP contribution in [0.3, 0.4) is 0 Å². The van der Waals surface area contributed by atoms with E-state index in [9.17, 15) is 19.8 Å². The number of amides is 2. The molecule has 3 heterocycles. The van der Waals surface area contributed by atoms with Gasteiger partial charge in [-0.25, -0.2) is 0 Å². The van der Waals surface area contributed by atoms with E-state index in [1.807, 2.05) is 30.3 Å². The van der Waals surface area contributed by atoms with E-state index < -0.39 is 30.3 Å². The third kappa shape index (κ3) is 4.38. The Balaban J connectivity index is 1.39. The molecular weight excluding hydrogens is 492 g/mol. The fraction of sp³-hybridized carbons (Fsp3) is 0.429. The second-order valence-corrected chi connectivity index (χ2v) is 9.84. The van der Waals surface area contributed by atoms with Crippen molar-refractivity contribution >= 4 is 11.8 Å². The predicted molar refractivity (Wildman–Crippen MR) is 134 cm³/mol. The third-order valence-electron chi connectivity index (χ3n) is 7.52. The topological polar surface area (TPSA) is 127 Å². The van der Waals surface area contributed by atoms with Crippen molar-refractivity contribution in [2.45, 2.75) is 49.7 Å². The SMILES string of the molecule is O=C(NCCO)C1=C[C@@H](N(Cc2ccc3c(c2)OCO3)C(=O)C2CCCO2)[C@H](O)[C@H]2Oc3ccccc3[C@@H]12. The quantitative estimate of drug-likeness (QED) is 0.496. The molecule has 200 valence electrons. The molecule has 0 spiro atoms. The van der Waals surface area contributed by atoms with E-state index in [1.54, 1.807) is 23.1 Å². The number of aliphatic hydroxyl groups excluding tert-OH is 2. The van der Waals surface area contributed by atoms with Crippen LogP contribution in [0.5, 0.6) is 17.2 Å². The molecule has 0 saturated carbocycles. The molecule has 3 aliphatic heterocycles. The summed E-state index contributed by atoms with van der Waals surface area (Å²) in [4.78, 5) is 28.7. The lowest BCUT2D eigenvalue weighted by Gasteiger charge is -2.41. The number of carbonyl (C=O) groups excluding carboxylic acids is 2. The van der Waals surface area contributed by atoms with Gasteiger partial charge < -0.3 is 39.4 Å². The molecule has 0 aromatic heterocycles. The van der Waals surface area contributed by atoms with Crippen molar-refractivity contribution in [2.24, 2.45) is 0 Å². The Bertz CT molecular complexity index is 1260. The van der Waals surface area contributed by atoms with E-state index in [2.05, 4.69) is 5.32 Å². The van der Waals surface area contributed by atoms with Crippen molar-refractivity contribution in [1.82, 2.24) is 10.2 Å². The number of para-hydroxylation sites is 1. The molecule has 1 unspecified atom stereocenters. The first-order valence-corrected chi connectivity index (χ1v) is 12.9. The molecule has 1 aliphatic carbocycles. The maximum atomic E-state index is 13.8. The van der Waals surface area contributed by atoms with E-state index >= 15 is 0 Å². The maximum Gasteiger partial charge on any atom is 0.252 e. The van der Waals surface area contributed by atoms with Crippen LogP contribution in [0, 0.1) is 0 Å². The van der Waals surface area contributed by atoms with Gasteiger partial charge in [0.25, 0.3) is 5.91 Å². The Morgan fingerprint density at radius 2 is 1.92 bits per heavy atom. The average molecular weight is 523 g/mol. The molecule has 0 bridgehead atoms. The second-order valence-electron chi connectivity index (χ2n) is 9.84. The molecule has 6 rings (SSSR count). The molecule has 3 N–H and O–H groups in total. The normalized spacial score (nSPS) is 26.7. The van der Waals surface area contributed by atoms with Crippen molar-refractivity contribution in [1.29, 1.82) is 0 Å². The zero-order chi connectivity index (χ0) is 26.2. The van der Waals surface area contributed by atoms with Crippen LogP contribution in [0.25, 0.3) is 0 Å². The lowest BCUT2D eigenvalue weighted by molar-refractivity contribution is -0.147. The molecule has 4 aliphatic rings. The number of carbonyl (C=O) groups is 2. The van der Waals surface area contributed by atoms with Crippen LogP contribution in [0.15, 0.2) is 54.1 Å². The molecule has 1 saturated heterocycles. The Labute approximate surface area is 219 Å². The second kappa shape index (κ2) is 10.3. The van der Waals surface area contributed by atoms with Gasteiger partial charge in [0, 0.05) is 30.8 Å². The van der Waals surface area contributed by atoms with Gasteiger partial charge in [-0.15, -0.1) is 0 Å². The highest BCUT2D eigenvalue weighted by Gasteiger charge is 2.51. The van der Waals surface area contributed by atoms with Gasteiger partial charge in [0.05, 0.1) is 18.6 Å². The first-order chi connectivity index (χ1) is 18.5. The molecule has 1 fully saturated rings. The minimum Gasteiger partial charge on any atom is -0.486 e. The number of nitrogens with zero attached hydrogens (tertiary/aromatic N) is 1. The van der Waals surface area contributed by atoms with Crippen LogP contribution in [-0.4, -0.2) is 77.8 Å². The number of nitrogens with one attached hydrogen (secondary N) is 1. The van der Waals surface area contributed by atoms with E-state index in [4.69, 9.17) is 18.9 Å². The minimum absolute atomic E-state index is 0.0824. The molecule has 10 heteroatoms. The van der Waals surface area contributed by atoms with Gasteiger partial charge in [0.2, 0.25) is 12.7 Å². The first kappa shape index (κ1) is 24.7. The minimum atomic E-state index is -1.11. The number of benzene rings is 2. The van der Waals surface area contributed by atoms with Gasteiger partial charge in [0.1, 0.15) is 24.1 Å². The fourth-order valence-electron chi connectivity index (χ4n) is 5.71. The molecule has 10 nitrogen and oxygen atoms in total. The van der Waals surface area contributed by atoms with Gasteiger partial charge in [-0.05, 0) is 42.7 Å². The van der Waals surface area contributed by atoms with Crippen molar-refractivity contribution in [3.05, 3.63) is 65.2 Å². The zero-order valence-corrected chi connectivity index (χ0v) is 20.7. The largest absolute Gasteiger partial charge is 0.486 e. The molecule has 0 radical (unpaired) electrons. The van der Waals surface area contributed by atoms with Crippen LogP contribution in [0.4, 0.5) is 0 Å². The van der Waals surface area contributed by atoms with Crippen molar-refractivity contribution in [3.63, 3.8) is 0 Å². The molecule has 2 amide bonds. The summed E-state index contributed by atoms with van der Waals surface area (Å²) in [5.41, 5.74) is 1.97. The summed E-state index contributed by atoms with van der Waals surface area (Å²) < 4.78 is 22.8. The number of rotatable bonds is 7. The number of hydrogen-bond donors (Lipinski definition) is 3. The number of aliphatic hydroxyl groups is 2. The molecule has 2 aromatic rings. The molecule has 38 heavy (non-hydrogen) atoms. The Morgan fingerprint density at radius 1 is 1.08 bits per heavy atom. The first-order valence-electron chi connectivity index (χ1n) is 12.9. The highest BCUT2D eigenvalue weighted by Crippen LogP contribution is 2.47. The number of fused-ring (bicyclic) bond motifs is 4. The van der Waals surface area contributed by atoms with Gasteiger partial charge in [-0.3, -0.25) is 9.59 Å². The van der Waals surface area contributed by atoms with Crippen molar-refractivity contribution in [3.8, 4) is 17.2 Å². The lowest BCUT2D eigenvalue weighted by Crippen LogP contribution is -2.57. The van der Waals surface area contributed by atoms with Gasteiger partial charge in [0.15, 0.2) is 11.5 Å². The summed E-state index contributed by atoms with van der Waals surface area (Å²) in [7, 11) is 0. The van der Waals surface area contributed by atoms with Crippen molar-refractivity contribution < 1.29 is 38.7 Å². The predicted octanol–water partition coefficient (Wildman–Crippen LogP) is 1.25. The van der Waals surface area contributed by atoms with E-state index in [0.717, 1.165) is 17.5 Å². The van der Waals surface area contributed by atoms with Crippen LogP contribution < -0.4 is 19.5 Å². The summed E-state index contributed by atoms with van der Waals surface area (Å²) in [6.45, 7) is 0.659. The maximum absolute atomic E-state index is 13.8. The Kier molecular flexibility index (Phi) is 6.69. The highest BCUT2D eigenvalue weighted by molar-refractivity contribution is 5.96. The summed E-state index contributed by atoms with van der Waals surface area (Å²) in [6.07, 6.45) is 0.519. The Hall–Kier alpha value is -3.60. The third-order valence-corrected chi connectivity index (χ3v) is 7.52. The fourth-order valence-corrected chi connectivity index (χ4v) is 5.71. The number of ether oxygens (including phenoxy) is 4. The van der Waals surface area contributed by atoms with Crippen LogP contribution in [-0.2, 0) is 20.9 Å². The van der Waals surface area contributed by atoms with Crippen LogP contribution >= 0.6 is 0 Å². The Morgan fingerprint density at radius 3 is 2.74 bits per heavy atom. The lowest BCUT2D eigenvalue weighted by atomic mass is 9.77. The summed E-state index contributed by atoms with van der Waals surface area (Å²) in [5, 5.41) is 23.7. The smallest absolute Gasteiger partial charge is 0.252 e. The van der Waals surface area contributed by atoms with Gasteiger partial charge in [-0.1, -0.05) is 24.3 Å². The van der Waals surface area contributed by atoms with E-state index in [1.165, 1.54) is 0 Å². The number of hydrogen-bond acceptors (Lipinski definition) is 8.